The highest BCUT2D eigenvalue weighted by Gasteiger charge is 2.51. The maximum absolute atomic E-state index is 10.5. The Hall–Kier alpha value is -0.940. The van der Waals surface area contributed by atoms with Crippen LogP contribution < -0.4 is 0 Å². The first-order valence-corrected chi connectivity index (χ1v) is 13.4. The number of hydrogen-bond acceptors (Lipinski definition) is 4. The van der Waals surface area contributed by atoms with Gasteiger partial charge in [-0.2, -0.15) is 0 Å². The minimum Gasteiger partial charge on any atom is -0.393 e. The molecule has 33 heavy (non-hydrogen) atoms. The Labute approximate surface area is 201 Å². The maximum Gasteiger partial charge on any atom is 0.0811 e. The second-order valence-corrected chi connectivity index (χ2v) is 11.3. The molecule has 4 nitrogen and oxygen atoms in total. The average Bonchev–Trinajstić information content (AvgIpc) is 3.15. The molecule has 0 aromatic carbocycles. The van der Waals surface area contributed by atoms with Gasteiger partial charge in [0, 0.05) is 13.0 Å². The molecule has 0 radical (unpaired) electrons. The van der Waals surface area contributed by atoms with Gasteiger partial charge in [0.2, 0.25) is 0 Å². The topological polar surface area (TPSA) is 69.9 Å². The van der Waals surface area contributed by atoms with E-state index in [1.54, 1.807) is 0 Å². The van der Waals surface area contributed by atoms with Crippen LogP contribution in [0.3, 0.4) is 0 Å². The van der Waals surface area contributed by atoms with Gasteiger partial charge in [-0.3, -0.25) is 0 Å². The molecule has 0 aromatic rings. The summed E-state index contributed by atoms with van der Waals surface area (Å²) in [6.45, 7) is 13.6. The Bertz CT molecular complexity index is 734. The van der Waals surface area contributed by atoms with Crippen LogP contribution in [-0.4, -0.2) is 45.8 Å². The largest absolute Gasteiger partial charge is 0.393 e. The Morgan fingerprint density at radius 2 is 1.94 bits per heavy atom. The lowest BCUT2D eigenvalue weighted by Gasteiger charge is -2.44. The van der Waals surface area contributed by atoms with Crippen molar-refractivity contribution in [3.8, 4) is 0 Å². The molecule has 0 saturated heterocycles. The van der Waals surface area contributed by atoms with E-state index in [1.807, 2.05) is 0 Å². The number of aliphatic hydroxyl groups is 3. The zero-order valence-corrected chi connectivity index (χ0v) is 21.5. The smallest absolute Gasteiger partial charge is 0.0811 e. The van der Waals surface area contributed by atoms with Gasteiger partial charge in [-0.15, -0.1) is 0 Å². The molecule has 188 valence electrons. The fraction of sp³-hybridized carbons (Fsp3) is 0.793. The third-order valence-corrected chi connectivity index (χ3v) is 9.35. The molecular weight excluding hydrogens is 412 g/mol. The van der Waals surface area contributed by atoms with Gasteiger partial charge in [0.25, 0.3) is 0 Å². The van der Waals surface area contributed by atoms with Crippen LogP contribution in [0, 0.1) is 17.3 Å². The van der Waals surface area contributed by atoms with Crippen molar-refractivity contribution < 1.29 is 20.1 Å². The molecule has 0 bridgehead atoms. The van der Waals surface area contributed by atoms with Crippen molar-refractivity contribution in [2.45, 2.75) is 122 Å². The summed E-state index contributed by atoms with van der Waals surface area (Å²) in [5.74, 6) is 1.14. The van der Waals surface area contributed by atoms with E-state index in [0.29, 0.717) is 24.7 Å². The van der Waals surface area contributed by atoms with Crippen molar-refractivity contribution in [3.05, 3.63) is 35.5 Å². The zero-order valence-electron chi connectivity index (χ0n) is 21.5. The highest BCUT2D eigenvalue weighted by molar-refractivity contribution is 5.38. The van der Waals surface area contributed by atoms with E-state index in [0.717, 1.165) is 49.9 Å². The number of hydrogen-bond donors (Lipinski definition) is 3. The third kappa shape index (κ3) is 6.01. The lowest BCUT2D eigenvalue weighted by molar-refractivity contribution is -0.0365. The molecule has 3 N–H and O–H groups in total. The molecule has 0 heterocycles. The van der Waals surface area contributed by atoms with Crippen molar-refractivity contribution in [1.82, 2.24) is 0 Å². The van der Waals surface area contributed by atoms with Crippen LogP contribution in [0.1, 0.15) is 98.3 Å². The van der Waals surface area contributed by atoms with Crippen LogP contribution in [0.4, 0.5) is 0 Å². The SMILES string of the molecule is C=C1C(=CC=C2CCC[C@@]3(C)C2CC[C@@H]3[C@@H](C)OCCCC(O)(CC)CC)C[C@@H](O)C[C@@H]1O. The van der Waals surface area contributed by atoms with Crippen molar-refractivity contribution >= 4 is 0 Å². The molecule has 3 fully saturated rings. The molecule has 3 aliphatic rings. The quantitative estimate of drug-likeness (QED) is 0.377. The fourth-order valence-electron chi connectivity index (χ4n) is 6.91. The second-order valence-electron chi connectivity index (χ2n) is 11.3. The summed E-state index contributed by atoms with van der Waals surface area (Å²) in [5, 5.41) is 30.7. The lowest BCUT2D eigenvalue weighted by Crippen LogP contribution is -2.39. The van der Waals surface area contributed by atoms with Gasteiger partial charge in [-0.25, -0.2) is 0 Å². The first-order valence-electron chi connectivity index (χ1n) is 13.4. The number of ether oxygens (including phenoxy) is 1. The van der Waals surface area contributed by atoms with Crippen LogP contribution >= 0.6 is 0 Å². The monoisotopic (exact) mass is 460 g/mol. The predicted molar refractivity (Wildman–Crippen MR) is 135 cm³/mol. The van der Waals surface area contributed by atoms with Gasteiger partial charge in [-0.05, 0) is 99.5 Å². The summed E-state index contributed by atoms with van der Waals surface area (Å²) in [6.07, 6.45) is 13.8. The lowest BCUT2D eigenvalue weighted by atomic mass is 9.62. The summed E-state index contributed by atoms with van der Waals surface area (Å²) in [7, 11) is 0. The number of allylic oxidation sites excluding steroid dienone is 3. The highest BCUT2D eigenvalue weighted by Crippen LogP contribution is 2.58. The number of fused-ring (bicyclic) bond motifs is 1. The molecule has 3 rings (SSSR count). The average molecular weight is 461 g/mol. The summed E-state index contributed by atoms with van der Waals surface area (Å²) in [5.41, 5.74) is 3.00. The van der Waals surface area contributed by atoms with E-state index in [1.165, 1.54) is 31.3 Å². The number of aliphatic hydroxyl groups excluding tert-OH is 2. The first kappa shape index (κ1) is 26.7. The van der Waals surface area contributed by atoms with Crippen LogP contribution in [0.2, 0.25) is 0 Å². The summed E-state index contributed by atoms with van der Waals surface area (Å²) in [4.78, 5) is 0. The molecular formula is C29H48O4. The van der Waals surface area contributed by atoms with E-state index < -0.39 is 17.8 Å². The molecule has 0 aliphatic heterocycles. The molecule has 1 unspecified atom stereocenters. The normalized spacial score (nSPS) is 36.4. The van der Waals surface area contributed by atoms with Crippen molar-refractivity contribution in [1.29, 1.82) is 0 Å². The number of rotatable bonds is 9. The van der Waals surface area contributed by atoms with Gasteiger partial charge >= 0.3 is 0 Å². The van der Waals surface area contributed by atoms with Crippen LogP contribution in [0.5, 0.6) is 0 Å². The Kier molecular flexibility index (Phi) is 9.05. The van der Waals surface area contributed by atoms with Crippen molar-refractivity contribution in [3.63, 3.8) is 0 Å². The summed E-state index contributed by atoms with van der Waals surface area (Å²) < 4.78 is 6.34. The predicted octanol–water partition coefficient (Wildman–Crippen LogP) is 5.86. The van der Waals surface area contributed by atoms with Crippen LogP contribution in [0.25, 0.3) is 0 Å². The van der Waals surface area contributed by atoms with Gasteiger partial charge in [-0.1, -0.05) is 45.1 Å². The highest BCUT2D eigenvalue weighted by atomic mass is 16.5. The Morgan fingerprint density at radius 1 is 1.21 bits per heavy atom. The van der Waals surface area contributed by atoms with Gasteiger partial charge in [0.15, 0.2) is 0 Å². The third-order valence-electron chi connectivity index (χ3n) is 9.35. The minimum atomic E-state index is -0.630. The zero-order chi connectivity index (χ0) is 24.2. The molecule has 3 aliphatic carbocycles. The van der Waals surface area contributed by atoms with Crippen LogP contribution in [-0.2, 0) is 4.74 Å². The minimum absolute atomic E-state index is 0.234. The molecule has 3 saturated carbocycles. The fourth-order valence-corrected chi connectivity index (χ4v) is 6.91. The molecule has 0 amide bonds. The van der Waals surface area contributed by atoms with Crippen molar-refractivity contribution in [2.24, 2.45) is 17.3 Å². The Morgan fingerprint density at radius 3 is 2.64 bits per heavy atom. The van der Waals surface area contributed by atoms with Gasteiger partial charge in [0.1, 0.15) is 0 Å². The van der Waals surface area contributed by atoms with Gasteiger partial charge in [0.05, 0.1) is 23.9 Å². The summed E-state index contributed by atoms with van der Waals surface area (Å²) in [6, 6.07) is 0. The Balaban J connectivity index is 1.62. The first-order chi connectivity index (χ1) is 15.6. The molecule has 4 heteroatoms. The van der Waals surface area contributed by atoms with E-state index in [2.05, 4.69) is 46.4 Å². The summed E-state index contributed by atoms with van der Waals surface area (Å²) >= 11 is 0. The molecule has 6 atom stereocenters. The van der Waals surface area contributed by atoms with Crippen LogP contribution in [0.15, 0.2) is 35.5 Å². The molecule has 0 aromatic heterocycles. The maximum atomic E-state index is 10.5. The molecule has 0 spiro atoms. The van der Waals surface area contributed by atoms with E-state index in [-0.39, 0.29) is 11.5 Å². The van der Waals surface area contributed by atoms with Gasteiger partial charge < -0.3 is 20.1 Å². The van der Waals surface area contributed by atoms with E-state index in [4.69, 9.17) is 4.74 Å². The second kappa shape index (κ2) is 11.2. The van der Waals surface area contributed by atoms with Crippen molar-refractivity contribution in [2.75, 3.05) is 6.61 Å². The van der Waals surface area contributed by atoms with E-state index in [9.17, 15) is 15.3 Å². The standard InChI is InChI=1S/C29H48O4/c1-6-29(32,7-2)16-9-17-33-21(4)25-13-14-26-22(10-8-15-28(25,26)5)11-12-23-18-24(30)19-27(31)20(23)3/h11-12,21,24-27,30-32H,3,6-10,13-19H2,1-2,4-5H3/t21-,24-,25-,26?,27+,28-/m1/s1. The van der Waals surface area contributed by atoms with E-state index >= 15 is 0 Å².